The Labute approximate surface area is 182 Å². The summed E-state index contributed by atoms with van der Waals surface area (Å²) in [5.74, 6) is 0.748. The highest BCUT2D eigenvalue weighted by Crippen LogP contribution is 2.38. The van der Waals surface area contributed by atoms with Crippen LogP contribution in [0.5, 0.6) is 0 Å². The van der Waals surface area contributed by atoms with E-state index in [0.29, 0.717) is 31.4 Å². The molecule has 1 aromatic carbocycles. The van der Waals surface area contributed by atoms with Gasteiger partial charge in [0.1, 0.15) is 16.5 Å². The first-order chi connectivity index (χ1) is 15.2. The Morgan fingerprint density at radius 3 is 2.45 bits per heavy atom. The second-order valence-electron chi connectivity index (χ2n) is 6.82. The molecule has 0 amide bonds. The smallest absolute Gasteiger partial charge is 0.228 e. The molecule has 3 aromatic heterocycles. The van der Waals surface area contributed by atoms with Gasteiger partial charge in [0.25, 0.3) is 0 Å². The minimum atomic E-state index is -0.293. The van der Waals surface area contributed by atoms with Crippen molar-refractivity contribution in [1.29, 1.82) is 0 Å². The van der Waals surface area contributed by atoms with Crippen molar-refractivity contribution in [2.45, 2.75) is 6.54 Å². The first kappa shape index (κ1) is 21.1. The Morgan fingerprint density at radius 1 is 1.00 bits per heavy atom. The van der Waals surface area contributed by atoms with Crippen molar-refractivity contribution in [3.8, 4) is 11.1 Å². The SMILES string of the molecule is OCCN(CCO)c1nc(NCc2ccccn2)c2c(-c3ccc(F)cc3)csc2n1. The van der Waals surface area contributed by atoms with Crippen molar-refractivity contribution in [2.75, 3.05) is 36.5 Å². The fourth-order valence-electron chi connectivity index (χ4n) is 3.27. The number of aromatic nitrogens is 3. The molecular weight excluding hydrogens is 417 g/mol. The number of nitrogens with zero attached hydrogens (tertiary/aromatic N) is 4. The molecule has 3 N–H and O–H groups in total. The minimum Gasteiger partial charge on any atom is -0.395 e. The summed E-state index contributed by atoms with van der Waals surface area (Å²) < 4.78 is 13.4. The quantitative estimate of drug-likeness (QED) is 0.368. The normalized spacial score (nSPS) is 11.1. The molecule has 0 atom stereocenters. The molecule has 0 unspecified atom stereocenters. The molecule has 9 heteroatoms. The monoisotopic (exact) mass is 439 g/mol. The van der Waals surface area contributed by atoms with Gasteiger partial charge in [-0.25, -0.2) is 9.37 Å². The lowest BCUT2D eigenvalue weighted by Crippen LogP contribution is -2.31. The maximum Gasteiger partial charge on any atom is 0.228 e. The summed E-state index contributed by atoms with van der Waals surface area (Å²) in [6.07, 6.45) is 1.73. The Bertz CT molecular complexity index is 1130. The molecule has 0 bridgehead atoms. The number of benzene rings is 1. The molecule has 7 nitrogen and oxygen atoms in total. The molecule has 0 aliphatic rings. The van der Waals surface area contributed by atoms with E-state index >= 15 is 0 Å². The highest BCUT2D eigenvalue weighted by molar-refractivity contribution is 7.17. The van der Waals surface area contributed by atoms with Gasteiger partial charge in [-0.2, -0.15) is 4.98 Å². The molecule has 0 saturated heterocycles. The van der Waals surface area contributed by atoms with Gasteiger partial charge in [-0.15, -0.1) is 11.3 Å². The summed E-state index contributed by atoms with van der Waals surface area (Å²) in [6, 6.07) is 12.0. The Kier molecular flexibility index (Phi) is 6.66. The molecule has 0 aliphatic carbocycles. The number of hydrogen-bond acceptors (Lipinski definition) is 8. The third kappa shape index (κ3) is 4.79. The third-order valence-corrected chi connectivity index (χ3v) is 5.63. The van der Waals surface area contributed by atoms with E-state index < -0.39 is 0 Å². The molecule has 0 spiro atoms. The van der Waals surface area contributed by atoms with Crippen LogP contribution in [0, 0.1) is 5.82 Å². The molecule has 0 fully saturated rings. The highest BCUT2D eigenvalue weighted by Gasteiger charge is 2.18. The second-order valence-corrected chi connectivity index (χ2v) is 7.68. The van der Waals surface area contributed by atoms with Gasteiger partial charge < -0.3 is 20.4 Å². The molecule has 3 heterocycles. The number of hydrogen-bond donors (Lipinski definition) is 3. The first-order valence-corrected chi connectivity index (χ1v) is 10.7. The lowest BCUT2D eigenvalue weighted by molar-refractivity contribution is 0.280. The number of aliphatic hydroxyl groups excluding tert-OH is 2. The number of aliphatic hydroxyl groups is 2. The van der Waals surface area contributed by atoms with E-state index in [1.807, 2.05) is 23.6 Å². The van der Waals surface area contributed by atoms with Crippen molar-refractivity contribution in [1.82, 2.24) is 15.0 Å². The predicted octanol–water partition coefficient (Wildman–Crippen LogP) is 3.30. The summed E-state index contributed by atoms with van der Waals surface area (Å²) >= 11 is 1.46. The van der Waals surface area contributed by atoms with E-state index in [1.54, 1.807) is 23.2 Å². The summed E-state index contributed by atoms with van der Waals surface area (Å²) in [6.45, 7) is 0.918. The summed E-state index contributed by atoms with van der Waals surface area (Å²) in [5.41, 5.74) is 2.63. The van der Waals surface area contributed by atoms with Crippen molar-refractivity contribution in [3.63, 3.8) is 0 Å². The van der Waals surface area contributed by atoms with Gasteiger partial charge in [-0.1, -0.05) is 18.2 Å². The van der Waals surface area contributed by atoms with E-state index in [1.165, 1.54) is 23.5 Å². The van der Waals surface area contributed by atoms with Crippen LogP contribution in [0.3, 0.4) is 0 Å². The van der Waals surface area contributed by atoms with E-state index in [-0.39, 0.29) is 19.0 Å². The zero-order valence-corrected chi connectivity index (χ0v) is 17.5. The number of thiophene rings is 1. The Balaban J connectivity index is 1.79. The lowest BCUT2D eigenvalue weighted by Gasteiger charge is -2.21. The van der Waals surface area contributed by atoms with Crippen molar-refractivity contribution >= 4 is 33.3 Å². The number of fused-ring (bicyclic) bond motifs is 1. The zero-order chi connectivity index (χ0) is 21.6. The van der Waals surface area contributed by atoms with Crippen LogP contribution in [-0.2, 0) is 6.54 Å². The lowest BCUT2D eigenvalue weighted by atomic mass is 10.1. The van der Waals surface area contributed by atoms with Gasteiger partial charge in [0.2, 0.25) is 5.95 Å². The molecule has 31 heavy (non-hydrogen) atoms. The van der Waals surface area contributed by atoms with E-state index in [4.69, 9.17) is 4.98 Å². The number of halogens is 1. The summed E-state index contributed by atoms with van der Waals surface area (Å²) in [7, 11) is 0. The molecular formula is C22H22FN5O2S. The standard InChI is InChI=1S/C22H22FN5O2S/c23-16-6-4-15(5-7-16)18-14-31-21-19(18)20(25-13-17-3-1-2-8-24-17)26-22(27-21)28(9-11-29)10-12-30/h1-8,14,29-30H,9-13H2,(H,25,26,27). The minimum absolute atomic E-state index is 0.0800. The van der Waals surface area contributed by atoms with Crippen LogP contribution < -0.4 is 10.2 Å². The number of anilines is 2. The second kappa shape index (κ2) is 9.78. The van der Waals surface area contributed by atoms with Crippen LogP contribution in [0.15, 0.2) is 54.0 Å². The predicted molar refractivity (Wildman–Crippen MR) is 121 cm³/mol. The Morgan fingerprint density at radius 2 is 1.77 bits per heavy atom. The Hall–Kier alpha value is -3.14. The molecule has 0 radical (unpaired) electrons. The van der Waals surface area contributed by atoms with Crippen LogP contribution in [-0.4, -0.2) is 51.5 Å². The van der Waals surface area contributed by atoms with Crippen LogP contribution in [0.4, 0.5) is 16.2 Å². The molecule has 160 valence electrons. The molecule has 4 rings (SSSR count). The number of rotatable bonds is 9. The molecule has 0 aliphatic heterocycles. The van der Waals surface area contributed by atoms with Gasteiger partial charge in [-0.3, -0.25) is 4.98 Å². The van der Waals surface area contributed by atoms with E-state index in [0.717, 1.165) is 27.0 Å². The average molecular weight is 440 g/mol. The zero-order valence-electron chi connectivity index (χ0n) is 16.7. The maximum atomic E-state index is 13.4. The van der Waals surface area contributed by atoms with Gasteiger partial charge in [-0.05, 0) is 29.8 Å². The summed E-state index contributed by atoms with van der Waals surface area (Å²) in [5, 5.41) is 25.0. The first-order valence-electron chi connectivity index (χ1n) is 9.85. The van der Waals surface area contributed by atoms with Crippen molar-refractivity contribution in [3.05, 3.63) is 65.6 Å². The van der Waals surface area contributed by atoms with Crippen LogP contribution in [0.25, 0.3) is 21.3 Å². The van der Waals surface area contributed by atoms with Gasteiger partial charge in [0.15, 0.2) is 0 Å². The number of nitrogens with one attached hydrogen (secondary N) is 1. The van der Waals surface area contributed by atoms with Crippen molar-refractivity contribution in [2.24, 2.45) is 0 Å². The molecule has 0 saturated carbocycles. The van der Waals surface area contributed by atoms with Gasteiger partial charge in [0, 0.05) is 30.2 Å². The van der Waals surface area contributed by atoms with E-state index in [9.17, 15) is 14.6 Å². The number of pyridine rings is 1. The maximum absolute atomic E-state index is 13.4. The summed E-state index contributed by atoms with van der Waals surface area (Å²) in [4.78, 5) is 16.2. The third-order valence-electron chi connectivity index (χ3n) is 4.76. The topological polar surface area (TPSA) is 94.4 Å². The van der Waals surface area contributed by atoms with Crippen LogP contribution >= 0.6 is 11.3 Å². The average Bonchev–Trinajstić information content (AvgIpc) is 3.23. The largest absolute Gasteiger partial charge is 0.395 e. The fraction of sp³-hybridized carbons (Fsp3) is 0.227. The highest BCUT2D eigenvalue weighted by atomic mass is 32.1. The molecule has 4 aromatic rings. The van der Waals surface area contributed by atoms with E-state index in [2.05, 4.69) is 15.3 Å². The fourth-order valence-corrected chi connectivity index (χ4v) is 4.21. The van der Waals surface area contributed by atoms with Gasteiger partial charge in [0.05, 0.1) is 30.8 Å². The van der Waals surface area contributed by atoms with Crippen LogP contribution in [0.1, 0.15) is 5.69 Å². The van der Waals surface area contributed by atoms with Crippen molar-refractivity contribution < 1.29 is 14.6 Å². The van der Waals surface area contributed by atoms with Gasteiger partial charge >= 0.3 is 0 Å². The van der Waals surface area contributed by atoms with Crippen LogP contribution in [0.2, 0.25) is 0 Å².